The van der Waals surface area contributed by atoms with Gasteiger partial charge in [-0.15, -0.1) is 5.10 Å². The lowest BCUT2D eigenvalue weighted by Crippen LogP contribution is -2.28. The quantitative estimate of drug-likeness (QED) is 0.518. The van der Waals surface area contributed by atoms with Gasteiger partial charge in [0.15, 0.2) is 11.2 Å². The fourth-order valence-electron chi connectivity index (χ4n) is 3.58. The minimum Gasteiger partial charge on any atom is -0.324 e. The van der Waals surface area contributed by atoms with Crippen LogP contribution < -0.4 is 10.9 Å². The Hall–Kier alpha value is -3.52. The van der Waals surface area contributed by atoms with E-state index in [-0.39, 0.29) is 18.0 Å². The smallest absolute Gasteiger partial charge is 0.283 e. The molecule has 8 nitrogen and oxygen atoms in total. The Bertz CT molecular complexity index is 1320. The summed E-state index contributed by atoms with van der Waals surface area (Å²) in [4.78, 5) is 29.7. The van der Waals surface area contributed by atoms with Crippen molar-refractivity contribution in [2.45, 2.75) is 33.9 Å². The summed E-state index contributed by atoms with van der Waals surface area (Å²) in [6.45, 7) is 6.12. The maximum absolute atomic E-state index is 12.8. The standard InChI is InChI=1S/C22H21ClN6O2/c1-13-8-14(2)19(15(3)9-13)25-18(30)11-28-12-24-21-20(22(28)31)26-27-29(21)10-16-4-6-17(23)7-5-16/h4-9,12H,10-11H2,1-3H3,(H,25,30). The maximum Gasteiger partial charge on any atom is 0.283 e. The molecule has 0 fully saturated rings. The van der Waals surface area contributed by atoms with Gasteiger partial charge in [-0.3, -0.25) is 14.2 Å². The first-order chi connectivity index (χ1) is 14.8. The number of halogens is 1. The number of nitrogens with one attached hydrogen (secondary N) is 1. The molecular formula is C22H21ClN6O2. The fourth-order valence-corrected chi connectivity index (χ4v) is 3.71. The number of carbonyl (C=O) groups excluding carboxylic acids is 1. The predicted molar refractivity (Wildman–Crippen MR) is 119 cm³/mol. The molecule has 9 heteroatoms. The Morgan fingerprint density at radius 3 is 2.45 bits per heavy atom. The molecule has 158 valence electrons. The van der Waals surface area contributed by atoms with Crippen LogP contribution in [0.15, 0.2) is 47.5 Å². The molecule has 0 bridgehead atoms. The Morgan fingerprint density at radius 2 is 1.77 bits per heavy atom. The van der Waals surface area contributed by atoms with Crippen molar-refractivity contribution in [3.63, 3.8) is 0 Å². The van der Waals surface area contributed by atoms with Gasteiger partial charge in [-0.2, -0.15) is 0 Å². The first kappa shape index (κ1) is 20.7. The van der Waals surface area contributed by atoms with Gasteiger partial charge in [0.25, 0.3) is 5.56 Å². The summed E-state index contributed by atoms with van der Waals surface area (Å²) in [5.41, 5.74) is 4.83. The molecule has 0 aliphatic rings. The molecule has 1 amide bonds. The Kier molecular flexibility index (Phi) is 5.56. The number of aryl methyl sites for hydroxylation is 3. The number of hydrogen-bond donors (Lipinski definition) is 1. The monoisotopic (exact) mass is 436 g/mol. The highest BCUT2D eigenvalue weighted by atomic mass is 35.5. The van der Waals surface area contributed by atoms with E-state index in [2.05, 4.69) is 20.6 Å². The number of nitrogens with zero attached hydrogens (tertiary/aromatic N) is 5. The molecular weight excluding hydrogens is 416 g/mol. The van der Waals surface area contributed by atoms with E-state index in [1.54, 1.807) is 16.8 Å². The average Bonchev–Trinajstić information content (AvgIpc) is 3.12. The summed E-state index contributed by atoms with van der Waals surface area (Å²) in [7, 11) is 0. The van der Waals surface area contributed by atoms with Crippen LogP contribution in [0.25, 0.3) is 11.2 Å². The second kappa shape index (κ2) is 8.31. The zero-order chi connectivity index (χ0) is 22.1. The van der Waals surface area contributed by atoms with Crippen molar-refractivity contribution >= 4 is 34.4 Å². The van der Waals surface area contributed by atoms with Crippen LogP contribution in [0.3, 0.4) is 0 Å². The van der Waals surface area contributed by atoms with Crippen LogP contribution in [0, 0.1) is 20.8 Å². The van der Waals surface area contributed by atoms with Gasteiger partial charge >= 0.3 is 0 Å². The lowest BCUT2D eigenvalue weighted by atomic mass is 10.1. The molecule has 0 aliphatic heterocycles. The molecule has 0 saturated heterocycles. The maximum atomic E-state index is 12.8. The summed E-state index contributed by atoms with van der Waals surface area (Å²) in [6.07, 6.45) is 1.35. The van der Waals surface area contributed by atoms with Gasteiger partial charge in [0.1, 0.15) is 12.9 Å². The minimum atomic E-state index is -0.417. The van der Waals surface area contributed by atoms with Gasteiger partial charge in [0, 0.05) is 10.7 Å². The Balaban J connectivity index is 1.55. The lowest BCUT2D eigenvalue weighted by molar-refractivity contribution is -0.116. The van der Waals surface area contributed by atoms with Crippen molar-refractivity contribution in [3.05, 3.63) is 80.4 Å². The van der Waals surface area contributed by atoms with Crippen molar-refractivity contribution in [2.24, 2.45) is 0 Å². The predicted octanol–water partition coefficient (Wildman–Crippen LogP) is 3.25. The van der Waals surface area contributed by atoms with E-state index in [9.17, 15) is 9.59 Å². The number of aromatic nitrogens is 5. The summed E-state index contributed by atoms with van der Waals surface area (Å²) in [5.74, 6) is -0.313. The topological polar surface area (TPSA) is 94.7 Å². The first-order valence-electron chi connectivity index (χ1n) is 9.72. The van der Waals surface area contributed by atoms with Crippen LogP contribution in [-0.2, 0) is 17.9 Å². The van der Waals surface area contributed by atoms with Crippen LogP contribution in [0.5, 0.6) is 0 Å². The van der Waals surface area contributed by atoms with Gasteiger partial charge in [-0.05, 0) is 49.6 Å². The number of rotatable bonds is 5. The second-order valence-corrected chi connectivity index (χ2v) is 7.98. The zero-order valence-corrected chi connectivity index (χ0v) is 18.1. The molecule has 2 aromatic heterocycles. The van der Waals surface area contributed by atoms with Crippen LogP contribution in [0.4, 0.5) is 5.69 Å². The molecule has 4 rings (SSSR count). The number of fused-ring (bicyclic) bond motifs is 1. The van der Waals surface area contributed by atoms with Gasteiger partial charge in [0.2, 0.25) is 5.91 Å². The lowest BCUT2D eigenvalue weighted by Gasteiger charge is -2.13. The van der Waals surface area contributed by atoms with E-state index in [4.69, 9.17) is 11.6 Å². The molecule has 0 saturated carbocycles. The van der Waals surface area contributed by atoms with Crippen molar-refractivity contribution in [1.82, 2.24) is 24.5 Å². The van der Waals surface area contributed by atoms with Crippen LogP contribution >= 0.6 is 11.6 Å². The van der Waals surface area contributed by atoms with E-state index < -0.39 is 5.56 Å². The molecule has 31 heavy (non-hydrogen) atoms. The van der Waals surface area contributed by atoms with Crippen molar-refractivity contribution in [2.75, 3.05) is 5.32 Å². The number of hydrogen-bond acceptors (Lipinski definition) is 5. The summed E-state index contributed by atoms with van der Waals surface area (Å²) >= 11 is 5.92. The minimum absolute atomic E-state index is 0.118. The van der Waals surface area contributed by atoms with Gasteiger partial charge in [-0.25, -0.2) is 9.67 Å². The molecule has 2 heterocycles. The highest BCUT2D eigenvalue weighted by molar-refractivity contribution is 6.30. The summed E-state index contributed by atoms with van der Waals surface area (Å²) in [5, 5.41) is 11.6. The van der Waals surface area contributed by atoms with Crippen molar-refractivity contribution in [3.8, 4) is 0 Å². The van der Waals surface area contributed by atoms with Crippen LogP contribution in [0.1, 0.15) is 22.3 Å². The Morgan fingerprint density at radius 1 is 1.10 bits per heavy atom. The second-order valence-electron chi connectivity index (χ2n) is 7.55. The Labute approximate surface area is 183 Å². The third-order valence-electron chi connectivity index (χ3n) is 4.99. The van der Waals surface area contributed by atoms with Crippen LogP contribution in [0.2, 0.25) is 5.02 Å². The molecule has 0 unspecified atom stereocenters. The van der Waals surface area contributed by atoms with E-state index in [1.807, 2.05) is 45.0 Å². The average molecular weight is 437 g/mol. The highest BCUT2D eigenvalue weighted by Gasteiger charge is 2.15. The molecule has 1 N–H and O–H groups in total. The largest absolute Gasteiger partial charge is 0.324 e. The SMILES string of the molecule is Cc1cc(C)c(NC(=O)Cn2cnc3c(nnn3Cc3ccc(Cl)cc3)c2=O)c(C)c1. The number of carbonyl (C=O) groups is 1. The van der Waals surface area contributed by atoms with E-state index >= 15 is 0 Å². The molecule has 0 radical (unpaired) electrons. The van der Waals surface area contributed by atoms with Crippen molar-refractivity contribution in [1.29, 1.82) is 0 Å². The number of amides is 1. The molecule has 0 atom stereocenters. The van der Waals surface area contributed by atoms with Gasteiger partial charge in [-0.1, -0.05) is 46.6 Å². The van der Waals surface area contributed by atoms with Crippen LogP contribution in [-0.4, -0.2) is 30.5 Å². The summed E-state index contributed by atoms with van der Waals surface area (Å²) < 4.78 is 2.78. The van der Waals surface area contributed by atoms with Gasteiger partial charge in [0.05, 0.1) is 6.54 Å². The molecule has 4 aromatic rings. The normalized spacial score (nSPS) is 11.1. The van der Waals surface area contributed by atoms with E-state index in [1.165, 1.54) is 10.9 Å². The molecule has 0 spiro atoms. The number of benzene rings is 2. The summed E-state index contributed by atoms with van der Waals surface area (Å²) in [6, 6.07) is 11.3. The number of anilines is 1. The fraction of sp³-hybridized carbons (Fsp3) is 0.227. The van der Waals surface area contributed by atoms with Crippen molar-refractivity contribution < 1.29 is 4.79 Å². The molecule has 0 aliphatic carbocycles. The first-order valence-corrected chi connectivity index (χ1v) is 10.1. The third kappa shape index (κ3) is 4.34. The zero-order valence-electron chi connectivity index (χ0n) is 17.4. The molecule has 2 aromatic carbocycles. The van der Waals surface area contributed by atoms with E-state index in [0.717, 1.165) is 27.9 Å². The van der Waals surface area contributed by atoms with Gasteiger partial charge < -0.3 is 5.32 Å². The third-order valence-corrected chi connectivity index (χ3v) is 5.24. The highest BCUT2D eigenvalue weighted by Crippen LogP contribution is 2.21. The van der Waals surface area contributed by atoms with E-state index in [0.29, 0.717) is 17.2 Å².